The second-order valence-corrected chi connectivity index (χ2v) is 28.4. The van der Waals surface area contributed by atoms with Crippen molar-refractivity contribution in [2.75, 3.05) is 39.6 Å². The molecule has 0 saturated heterocycles. The second kappa shape index (κ2) is 72.8. The topological polar surface area (TPSA) is 237 Å². The van der Waals surface area contributed by atoms with E-state index in [0.717, 1.165) is 205 Å². The molecule has 0 aliphatic rings. The zero-order valence-corrected chi connectivity index (χ0v) is 64.4. The fourth-order valence-electron chi connectivity index (χ4n) is 10.1. The summed E-state index contributed by atoms with van der Waals surface area (Å²) < 4.78 is 68.5. The Bertz CT molecular complexity index is 2370. The molecule has 0 spiro atoms. The molecule has 0 aliphatic carbocycles. The van der Waals surface area contributed by atoms with Gasteiger partial charge in [-0.1, -0.05) is 258 Å². The SMILES string of the molecule is CC/C=C\C/C=C\C/C=C\CCCCCCCCCC(=O)OCC(COP(=O)(O)OCC(O)COP(=O)(O)OCC(COC(=O)CCCCCCC/C=C\C/C=C\C/C=C\CC)OC(=O)CCCCCCC/C=C\C/C=C\C/C=C\CC)OC(=O)CCCCCCC/C=C\CCCCCC. The molecule has 17 nitrogen and oxygen atoms in total. The van der Waals surface area contributed by atoms with Crippen LogP contribution in [0.1, 0.15) is 310 Å². The zero-order valence-electron chi connectivity index (χ0n) is 62.6. The van der Waals surface area contributed by atoms with Crippen LogP contribution >= 0.6 is 15.6 Å². The van der Waals surface area contributed by atoms with Gasteiger partial charge in [0.05, 0.1) is 26.4 Å². The Morgan fingerprint density at radius 3 is 0.810 bits per heavy atom. The van der Waals surface area contributed by atoms with Gasteiger partial charge in [0.2, 0.25) is 0 Å². The summed E-state index contributed by atoms with van der Waals surface area (Å²) in [6.07, 6.45) is 78.9. The van der Waals surface area contributed by atoms with Gasteiger partial charge >= 0.3 is 39.5 Å². The van der Waals surface area contributed by atoms with E-state index in [0.29, 0.717) is 25.7 Å². The molecule has 0 aromatic heterocycles. The summed E-state index contributed by atoms with van der Waals surface area (Å²) in [5.74, 6) is -2.23. The highest BCUT2D eigenvalue weighted by molar-refractivity contribution is 7.47. The molecule has 0 fully saturated rings. The lowest BCUT2D eigenvalue weighted by Crippen LogP contribution is -2.30. The summed E-state index contributed by atoms with van der Waals surface area (Å²) in [5, 5.41) is 10.6. The van der Waals surface area contributed by atoms with Crippen LogP contribution in [0.4, 0.5) is 0 Å². The number of aliphatic hydroxyl groups is 1. The van der Waals surface area contributed by atoms with Gasteiger partial charge in [-0.25, -0.2) is 9.13 Å². The average molecular weight is 1450 g/mol. The van der Waals surface area contributed by atoms with E-state index in [2.05, 4.69) is 149 Å². The van der Waals surface area contributed by atoms with Gasteiger partial charge in [-0.2, -0.15) is 0 Å². The first-order chi connectivity index (χ1) is 48.7. The van der Waals surface area contributed by atoms with Crippen LogP contribution in [0.5, 0.6) is 0 Å². The van der Waals surface area contributed by atoms with Crippen LogP contribution in [0.3, 0.4) is 0 Å². The predicted octanol–water partition coefficient (Wildman–Crippen LogP) is 22.3. The summed E-state index contributed by atoms with van der Waals surface area (Å²) in [6.45, 7) is 4.48. The maximum atomic E-state index is 13.1. The minimum absolute atomic E-state index is 0.0694. The third-order valence-electron chi connectivity index (χ3n) is 15.9. The smallest absolute Gasteiger partial charge is 0.462 e. The molecular weight excluding hydrogens is 1310 g/mol. The molecule has 0 radical (unpaired) electrons. The van der Waals surface area contributed by atoms with Crippen LogP contribution < -0.4 is 0 Å². The number of carbonyl (C=O) groups is 4. The lowest BCUT2D eigenvalue weighted by Gasteiger charge is -2.21. The number of esters is 4. The molecule has 100 heavy (non-hydrogen) atoms. The Morgan fingerprint density at radius 2 is 0.520 bits per heavy atom. The number of allylic oxidation sites excluding steroid dienone is 20. The Balaban J connectivity index is 5.38. The van der Waals surface area contributed by atoms with Gasteiger partial charge in [0, 0.05) is 25.7 Å². The van der Waals surface area contributed by atoms with Gasteiger partial charge in [-0.05, 0) is 148 Å². The predicted molar refractivity (Wildman–Crippen MR) is 408 cm³/mol. The number of phosphoric ester groups is 2. The van der Waals surface area contributed by atoms with Crippen LogP contribution in [0, 0.1) is 0 Å². The largest absolute Gasteiger partial charge is 0.472 e. The number of ether oxygens (including phenoxy) is 4. The van der Waals surface area contributed by atoms with Gasteiger partial charge in [0.25, 0.3) is 0 Å². The molecule has 0 bridgehead atoms. The Hall–Kier alpha value is -4.54. The van der Waals surface area contributed by atoms with Crippen molar-refractivity contribution >= 4 is 39.5 Å². The van der Waals surface area contributed by atoms with Gasteiger partial charge < -0.3 is 33.8 Å². The van der Waals surface area contributed by atoms with Crippen LogP contribution in [-0.2, 0) is 65.4 Å². The number of aliphatic hydroxyl groups excluding tert-OH is 1. The maximum absolute atomic E-state index is 13.1. The molecule has 0 aliphatic heterocycles. The van der Waals surface area contributed by atoms with Crippen LogP contribution in [0.15, 0.2) is 122 Å². The molecule has 5 atom stereocenters. The minimum Gasteiger partial charge on any atom is -0.462 e. The summed E-state index contributed by atoms with van der Waals surface area (Å²) >= 11 is 0. The third-order valence-corrected chi connectivity index (χ3v) is 17.8. The first-order valence-corrected chi connectivity index (χ1v) is 41.8. The third kappa shape index (κ3) is 71.8. The first-order valence-electron chi connectivity index (χ1n) is 38.8. The van der Waals surface area contributed by atoms with Crippen molar-refractivity contribution in [1.82, 2.24) is 0 Å². The van der Waals surface area contributed by atoms with E-state index in [-0.39, 0.29) is 25.7 Å². The highest BCUT2D eigenvalue weighted by Gasteiger charge is 2.30. The van der Waals surface area contributed by atoms with Crippen LogP contribution in [0.2, 0.25) is 0 Å². The summed E-state index contributed by atoms with van der Waals surface area (Å²) in [4.78, 5) is 72.9. The molecule has 0 saturated carbocycles. The molecule has 0 aromatic carbocycles. The normalized spacial score (nSPS) is 14.6. The van der Waals surface area contributed by atoms with Gasteiger partial charge in [0.15, 0.2) is 12.2 Å². The number of phosphoric acid groups is 2. The van der Waals surface area contributed by atoms with Crippen molar-refractivity contribution in [2.45, 2.75) is 329 Å². The van der Waals surface area contributed by atoms with E-state index in [1.807, 2.05) is 0 Å². The van der Waals surface area contributed by atoms with Crippen molar-refractivity contribution in [3.63, 3.8) is 0 Å². The molecule has 0 heterocycles. The van der Waals surface area contributed by atoms with Crippen molar-refractivity contribution < 1.29 is 80.2 Å². The van der Waals surface area contributed by atoms with Crippen molar-refractivity contribution in [2.24, 2.45) is 0 Å². The van der Waals surface area contributed by atoms with E-state index in [4.69, 9.17) is 37.0 Å². The van der Waals surface area contributed by atoms with Crippen LogP contribution in [-0.4, -0.2) is 96.7 Å². The first kappa shape index (κ1) is 95.5. The molecule has 19 heteroatoms. The second-order valence-electron chi connectivity index (χ2n) is 25.5. The van der Waals surface area contributed by atoms with E-state index in [1.54, 1.807) is 0 Å². The molecule has 0 amide bonds. The van der Waals surface area contributed by atoms with E-state index >= 15 is 0 Å². The fourth-order valence-corrected chi connectivity index (χ4v) is 11.7. The van der Waals surface area contributed by atoms with Gasteiger partial charge in [-0.3, -0.25) is 37.3 Å². The molecule has 5 unspecified atom stereocenters. The number of hydrogen-bond acceptors (Lipinski definition) is 15. The monoisotopic (exact) mass is 1440 g/mol. The highest BCUT2D eigenvalue weighted by Crippen LogP contribution is 2.45. The Labute approximate surface area is 606 Å². The summed E-state index contributed by atoms with van der Waals surface area (Å²) in [5.41, 5.74) is 0. The minimum atomic E-state index is -4.99. The molecular formula is C81H138O17P2. The summed E-state index contributed by atoms with van der Waals surface area (Å²) in [7, 11) is -9.97. The van der Waals surface area contributed by atoms with Crippen molar-refractivity contribution in [1.29, 1.82) is 0 Å². The van der Waals surface area contributed by atoms with E-state index in [9.17, 15) is 43.2 Å². The molecule has 0 aromatic rings. The number of unbranched alkanes of at least 4 members (excludes halogenated alkanes) is 26. The highest BCUT2D eigenvalue weighted by atomic mass is 31.2. The molecule has 574 valence electrons. The van der Waals surface area contributed by atoms with Gasteiger partial charge in [0.1, 0.15) is 19.3 Å². The zero-order chi connectivity index (χ0) is 73.2. The summed E-state index contributed by atoms with van der Waals surface area (Å²) in [6, 6.07) is 0. The van der Waals surface area contributed by atoms with E-state index in [1.165, 1.54) is 25.7 Å². The van der Waals surface area contributed by atoms with Crippen molar-refractivity contribution in [3.8, 4) is 0 Å². The average Bonchev–Trinajstić information content (AvgIpc) is 0.965. The Morgan fingerprint density at radius 1 is 0.290 bits per heavy atom. The Kier molecular flexibility index (Phi) is 69.5. The van der Waals surface area contributed by atoms with Gasteiger partial charge in [-0.15, -0.1) is 0 Å². The quantitative estimate of drug-likeness (QED) is 0.0169. The maximum Gasteiger partial charge on any atom is 0.472 e. The molecule has 0 rings (SSSR count). The number of rotatable bonds is 72. The van der Waals surface area contributed by atoms with E-state index < -0.39 is 97.5 Å². The lowest BCUT2D eigenvalue weighted by atomic mass is 10.1. The molecule has 3 N–H and O–H groups in total. The number of hydrogen-bond donors (Lipinski definition) is 3. The standard InChI is InChI=1S/C81H138O17P2/c1-5-9-13-17-21-25-29-33-36-37-40-43-46-50-54-58-62-66-79(84)92-71-76(97-80(85)67-63-59-55-51-47-41-32-28-24-20-16-12-8-4)73-95-99(87,88)93-69-75(82)70-94-100(89,90)96-74-77(98-81(86)68-64-60-56-52-48-44-39-35-31-27-23-19-15-11-7-3)72-91-78(83)65-61-57-53-49-45-42-38-34-30-26-22-18-14-10-6-2/h9-11,13-15,21-23,25-28,32-36,38-39,75-77,82H,5-8,12,16-20,24,29-31,37,40-74H2,1-4H3,(H,87,88)(H,89,90)/b13-9-,14-10-,15-11-,25-21-,26-22-,27-23-,32-28-,36-33-,38-34-,39-35-. The number of carbonyl (C=O) groups excluding carboxylic acids is 4. The lowest BCUT2D eigenvalue weighted by molar-refractivity contribution is -0.161. The van der Waals surface area contributed by atoms with Crippen LogP contribution in [0.25, 0.3) is 0 Å². The van der Waals surface area contributed by atoms with Crippen molar-refractivity contribution in [3.05, 3.63) is 122 Å². The fraction of sp³-hybridized carbons (Fsp3) is 0.704.